The lowest BCUT2D eigenvalue weighted by molar-refractivity contribution is -0.164. The van der Waals surface area contributed by atoms with E-state index in [2.05, 4.69) is 13.8 Å². The summed E-state index contributed by atoms with van der Waals surface area (Å²) >= 11 is 0. The summed E-state index contributed by atoms with van der Waals surface area (Å²) in [6, 6.07) is 0. The lowest BCUT2D eigenvalue weighted by Gasteiger charge is -2.22. The van der Waals surface area contributed by atoms with Crippen LogP contribution in [0.5, 0.6) is 0 Å². The van der Waals surface area contributed by atoms with Crippen molar-refractivity contribution in [1.29, 1.82) is 0 Å². The Balaban J connectivity index is 4.03. The first-order valence-corrected chi connectivity index (χ1v) is 17.0. The highest BCUT2D eigenvalue weighted by atomic mass is 16.6. The molecule has 0 bridgehead atoms. The molecule has 0 radical (unpaired) electrons. The van der Waals surface area contributed by atoms with Crippen molar-refractivity contribution in [3.63, 3.8) is 0 Å². The molecule has 0 N–H and O–H groups in total. The van der Waals surface area contributed by atoms with Crippen LogP contribution in [0.15, 0.2) is 0 Å². The Kier molecular flexibility index (Phi) is 29.0. The SMILES string of the molecule is CCCCCCCCCCCCCCCC(CC(=O)OC(C)(C)C)OC(=O)COCCOCCOCCOCCCC. The first-order chi connectivity index (χ1) is 20.3. The highest BCUT2D eigenvalue weighted by Crippen LogP contribution is 2.17. The van der Waals surface area contributed by atoms with E-state index in [4.69, 9.17) is 28.4 Å². The molecule has 0 aliphatic rings. The summed E-state index contributed by atoms with van der Waals surface area (Å²) in [6.07, 6.45) is 18.9. The van der Waals surface area contributed by atoms with Crippen LogP contribution >= 0.6 is 0 Å². The molecule has 0 aromatic heterocycles. The van der Waals surface area contributed by atoms with Crippen LogP contribution in [-0.2, 0) is 38.0 Å². The molecule has 0 heterocycles. The highest BCUT2D eigenvalue weighted by Gasteiger charge is 2.23. The Morgan fingerprint density at radius 3 is 1.43 bits per heavy atom. The molecule has 1 unspecified atom stereocenters. The van der Waals surface area contributed by atoms with Crippen LogP contribution in [0.4, 0.5) is 0 Å². The van der Waals surface area contributed by atoms with Gasteiger partial charge in [0.2, 0.25) is 0 Å². The lowest BCUT2D eigenvalue weighted by atomic mass is 10.0. The van der Waals surface area contributed by atoms with E-state index in [-0.39, 0.29) is 25.6 Å². The fourth-order valence-electron chi connectivity index (χ4n) is 4.44. The van der Waals surface area contributed by atoms with Crippen LogP contribution in [0, 0.1) is 0 Å². The van der Waals surface area contributed by atoms with Crippen LogP contribution in [0.2, 0.25) is 0 Å². The maximum atomic E-state index is 12.4. The second kappa shape index (κ2) is 29.8. The zero-order valence-electron chi connectivity index (χ0n) is 28.0. The van der Waals surface area contributed by atoms with Crippen LogP contribution in [-0.4, -0.2) is 76.5 Å². The van der Waals surface area contributed by atoms with E-state index >= 15 is 0 Å². The molecule has 0 saturated carbocycles. The van der Waals surface area contributed by atoms with Crippen molar-refractivity contribution in [2.45, 2.75) is 155 Å². The number of hydrogen-bond donors (Lipinski definition) is 0. The monoisotopic (exact) mass is 602 g/mol. The third kappa shape index (κ3) is 31.7. The number of carbonyl (C=O) groups is 2. The molecule has 8 nitrogen and oxygen atoms in total. The van der Waals surface area contributed by atoms with E-state index < -0.39 is 17.7 Å². The van der Waals surface area contributed by atoms with Gasteiger partial charge in [0.15, 0.2) is 0 Å². The average molecular weight is 603 g/mol. The van der Waals surface area contributed by atoms with Gasteiger partial charge >= 0.3 is 11.9 Å². The van der Waals surface area contributed by atoms with Gasteiger partial charge in [-0.25, -0.2) is 4.79 Å². The summed E-state index contributed by atoms with van der Waals surface area (Å²) in [5, 5.41) is 0. The molecule has 0 spiro atoms. The minimum absolute atomic E-state index is 0.0635. The molecular weight excluding hydrogens is 536 g/mol. The first-order valence-electron chi connectivity index (χ1n) is 17.0. The lowest BCUT2D eigenvalue weighted by Crippen LogP contribution is -2.29. The van der Waals surface area contributed by atoms with Gasteiger partial charge in [-0.15, -0.1) is 0 Å². The van der Waals surface area contributed by atoms with Crippen molar-refractivity contribution >= 4 is 11.9 Å². The quantitative estimate of drug-likeness (QED) is 0.0583. The Morgan fingerprint density at radius 1 is 0.524 bits per heavy atom. The minimum atomic E-state index is -0.572. The van der Waals surface area contributed by atoms with Crippen molar-refractivity contribution in [2.24, 2.45) is 0 Å². The second-order valence-corrected chi connectivity index (χ2v) is 12.2. The number of esters is 2. The van der Waals surface area contributed by atoms with Crippen molar-refractivity contribution in [2.75, 3.05) is 52.9 Å². The summed E-state index contributed by atoms with van der Waals surface area (Å²) < 4.78 is 32.8. The fraction of sp³-hybridized carbons (Fsp3) is 0.941. The zero-order valence-corrected chi connectivity index (χ0v) is 28.0. The van der Waals surface area contributed by atoms with Gasteiger partial charge in [0.25, 0.3) is 0 Å². The zero-order chi connectivity index (χ0) is 31.2. The van der Waals surface area contributed by atoms with Gasteiger partial charge in [-0.1, -0.05) is 97.3 Å². The fourth-order valence-corrected chi connectivity index (χ4v) is 4.44. The van der Waals surface area contributed by atoms with Crippen LogP contribution in [0.1, 0.15) is 144 Å². The number of carbonyl (C=O) groups excluding carboxylic acids is 2. The Bertz CT molecular complexity index is 605. The molecule has 0 saturated heterocycles. The van der Waals surface area contributed by atoms with Gasteiger partial charge in [-0.05, 0) is 40.0 Å². The van der Waals surface area contributed by atoms with Gasteiger partial charge in [0.1, 0.15) is 18.3 Å². The maximum Gasteiger partial charge on any atom is 0.332 e. The third-order valence-electron chi connectivity index (χ3n) is 6.72. The Labute approximate surface area is 258 Å². The molecule has 0 aromatic carbocycles. The van der Waals surface area contributed by atoms with E-state index in [1.165, 1.54) is 70.6 Å². The smallest absolute Gasteiger partial charge is 0.332 e. The maximum absolute atomic E-state index is 12.4. The van der Waals surface area contributed by atoms with Crippen LogP contribution < -0.4 is 0 Å². The van der Waals surface area contributed by atoms with Crippen molar-refractivity contribution < 1.29 is 38.0 Å². The average Bonchev–Trinajstić information content (AvgIpc) is 2.92. The van der Waals surface area contributed by atoms with Gasteiger partial charge in [-0.2, -0.15) is 0 Å². The highest BCUT2D eigenvalue weighted by molar-refractivity contribution is 5.73. The summed E-state index contributed by atoms with van der Waals surface area (Å²) in [5.41, 5.74) is -0.572. The third-order valence-corrected chi connectivity index (χ3v) is 6.72. The van der Waals surface area contributed by atoms with Crippen molar-refractivity contribution in [3.05, 3.63) is 0 Å². The molecule has 42 heavy (non-hydrogen) atoms. The van der Waals surface area contributed by atoms with Gasteiger partial charge < -0.3 is 28.4 Å². The van der Waals surface area contributed by atoms with E-state index in [1.807, 2.05) is 20.8 Å². The summed E-state index contributed by atoms with van der Waals surface area (Å²) in [5.74, 6) is -0.816. The second-order valence-electron chi connectivity index (χ2n) is 12.2. The van der Waals surface area contributed by atoms with Crippen LogP contribution in [0.25, 0.3) is 0 Å². The van der Waals surface area contributed by atoms with Crippen molar-refractivity contribution in [1.82, 2.24) is 0 Å². The molecule has 8 heteroatoms. The van der Waals surface area contributed by atoms with E-state index in [0.717, 1.165) is 32.3 Å². The molecule has 0 aliphatic carbocycles. The van der Waals surface area contributed by atoms with Gasteiger partial charge in [0.05, 0.1) is 46.1 Å². The summed E-state index contributed by atoms with van der Waals surface area (Å²) in [7, 11) is 0. The predicted octanol–water partition coefficient (Wildman–Crippen LogP) is 7.98. The molecule has 0 aliphatic heterocycles. The number of unbranched alkanes of at least 4 members (excludes halogenated alkanes) is 13. The molecule has 0 amide bonds. The summed E-state index contributed by atoms with van der Waals surface area (Å²) in [4.78, 5) is 24.8. The molecule has 1 atom stereocenters. The molecule has 0 fully saturated rings. The molecular formula is C34H66O8. The van der Waals surface area contributed by atoms with E-state index in [1.54, 1.807) is 0 Å². The predicted molar refractivity (Wildman–Crippen MR) is 169 cm³/mol. The minimum Gasteiger partial charge on any atom is -0.460 e. The van der Waals surface area contributed by atoms with Crippen LogP contribution in [0.3, 0.4) is 0 Å². The number of rotatable bonds is 31. The summed E-state index contributed by atoms with van der Waals surface area (Å²) in [6.45, 7) is 13.3. The number of hydrogen-bond acceptors (Lipinski definition) is 8. The van der Waals surface area contributed by atoms with Gasteiger partial charge in [0, 0.05) is 6.61 Å². The first kappa shape index (κ1) is 40.8. The standard InChI is InChI=1S/C34H66O8/c1-6-8-10-11-12-13-14-15-16-17-18-19-20-21-31(29-32(35)42-34(3,4)5)41-33(36)30-40-28-27-39-26-25-38-24-23-37-22-9-7-2/h31H,6-30H2,1-5H3. The molecule has 0 aromatic rings. The Hall–Kier alpha value is -1.22. The topological polar surface area (TPSA) is 89.5 Å². The Morgan fingerprint density at radius 2 is 0.952 bits per heavy atom. The van der Waals surface area contributed by atoms with Crippen molar-refractivity contribution in [3.8, 4) is 0 Å². The number of ether oxygens (including phenoxy) is 6. The van der Waals surface area contributed by atoms with E-state index in [0.29, 0.717) is 39.5 Å². The normalized spacial score (nSPS) is 12.4. The largest absolute Gasteiger partial charge is 0.460 e. The van der Waals surface area contributed by atoms with Gasteiger partial charge in [-0.3, -0.25) is 4.79 Å². The molecule has 0 rings (SSSR count). The molecule has 250 valence electrons. The van der Waals surface area contributed by atoms with E-state index in [9.17, 15) is 9.59 Å².